The summed E-state index contributed by atoms with van der Waals surface area (Å²) >= 11 is 0. The zero-order valence-corrected chi connectivity index (χ0v) is 19.8. The summed E-state index contributed by atoms with van der Waals surface area (Å²) in [6.45, 7) is 8.10. The molecule has 0 saturated carbocycles. The SMILES string of the molecule is CCN(CC)CCN1C(=O)C(=O)C(=C(O)c2ccc(OC)c(C)c2)C1c1cccc([N+](=O)[O-])c1. The quantitative estimate of drug-likeness (QED) is 0.197. The van der Waals surface area contributed by atoms with Gasteiger partial charge < -0.3 is 19.6 Å². The Kier molecular flexibility index (Phi) is 7.68. The number of rotatable bonds is 9. The topological polar surface area (TPSA) is 113 Å². The summed E-state index contributed by atoms with van der Waals surface area (Å²) in [6.07, 6.45) is 0. The maximum Gasteiger partial charge on any atom is 0.295 e. The van der Waals surface area contributed by atoms with Crippen LogP contribution in [0.3, 0.4) is 0 Å². The normalized spacial score (nSPS) is 17.4. The number of likely N-dealkylation sites (N-methyl/N-ethyl adjacent to an activating group) is 1. The van der Waals surface area contributed by atoms with E-state index in [2.05, 4.69) is 4.90 Å². The van der Waals surface area contributed by atoms with Crippen LogP contribution < -0.4 is 4.74 Å². The number of methoxy groups -OCH3 is 1. The maximum absolute atomic E-state index is 13.1. The Bertz CT molecular complexity index is 1140. The number of nitro groups is 1. The molecular formula is C25H29N3O6. The highest BCUT2D eigenvalue weighted by Gasteiger charge is 2.46. The first kappa shape index (κ1) is 24.9. The van der Waals surface area contributed by atoms with Crippen molar-refractivity contribution >= 4 is 23.1 Å². The number of hydrogen-bond donors (Lipinski definition) is 1. The predicted molar refractivity (Wildman–Crippen MR) is 128 cm³/mol. The van der Waals surface area contributed by atoms with Crippen LogP contribution in [0.15, 0.2) is 48.0 Å². The van der Waals surface area contributed by atoms with Crippen LogP contribution >= 0.6 is 0 Å². The van der Waals surface area contributed by atoms with Gasteiger partial charge in [-0.15, -0.1) is 0 Å². The lowest BCUT2D eigenvalue weighted by molar-refractivity contribution is -0.384. The number of nitro benzene ring substituents is 1. The molecule has 1 saturated heterocycles. The number of aliphatic hydroxyl groups excluding tert-OH is 1. The first-order chi connectivity index (χ1) is 16.2. The van der Waals surface area contributed by atoms with Gasteiger partial charge in [0.1, 0.15) is 11.5 Å². The number of carbonyl (C=O) groups is 2. The molecular weight excluding hydrogens is 438 g/mol. The molecule has 0 bridgehead atoms. The molecule has 1 unspecified atom stereocenters. The fourth-order valence-corrected chi connectivity index (χ4v) is 4.24. The van der Waals surface area contributed by atoms with Crippen LogP contribution in [-0.2, 0) is 9.59 Å². The van der Waals surface area contributed by atoms with E-state index in [9.17, 15) is 24.8 Å². The standard InChI is InChI=1S/C25H29N3O6/c1-5-26(6-2)12-13-27-22(17-8-7-9-19(15-17)28(32)33)21(24(30)25(27)31)23(29)18-10-11-20(34-4)16(3)14-18/h7-11,14-15,22,29H,5-6,12-13H2,1-4H3. The molecule has 9 nitrogen and oxygen atoms in total. The van der Waals surface area contributed by atoms with Gasteiger partial charge in [0, 0.05) is 30.8 Å². The lowest BCUT2D eigenvalue weighted by Crippen LogP contribution is -2.38. The molecule has 1 aliphatic rings. The fourth-order valence-electron chi connectivity index (χ4n) is 4.24. The molecule has 0 aliphatic carbocycles. The Morgan fingerprint density at radius 1 is 1.18 bits per heavy atom. The highest BCUT2D eigenvalue weighted by atomic mass is 16.6. The van der Waals surface area contributed by atoms with E-state index in [1.165, 1.54) is 30.2 Å². The summed E-state index contributed by atoms with van der Waals surface area (Å²) < 4.78 is 5.27. The molecule has 180 valence electrons. The average molecular weight is 468 g/mol. The number of hydrogen-bond acceptors (Lipinski definition) is 7. The van der Waals surface area contributed by atoms with Crippen molar-refractivity contribution in [2.75, 3.05) is 33.3 Å². The van der Waals surface area contributed by atoms with Gasteiger partial charge in [-0.25, -0.2) is 0 Å². The average Bonchev–Trinajstić information content (AvgIpc) is 3.09. The summed E-state index contributed by atoms with van der Waals surface area (Å²) in [5.41, 5.74) is 1.24. The first-order valence-electron chi connectivity index (χ1n) is 11.1. The zero-order chi connectivity index (χ0) is 25.0. The Hall–Kier alpha value is -3.72. The van der Waals surface area contributed by atoms with Gasteiger partial charge in [-0.05, 0) is 49.3 Å². The third kappa shape index (κ3) is 4.79. The number of ether oxygens (including phenoxy) is 1. The van der Waals surface area contributed by atoms with Gasteiger partial charge in [0.05, 0.1) is 23.6 Å². The molecule has 1 heterocycles. The molecule has 1 N–H and O–H groups in total. The van der Waals surface area contributed by atoms with Crippen molar-refractivity contribution in [2.45, 2.75) is 26.8 Å². The van der Waals surface area contributed by atoms with Gasteiger partial charge in [0.15, 0.2) is 0 Å². The van der Waals surface area contributed by atoms with E-state index in [4.69, 9.17) is 4.74 Å². The van der Waals surface area contributed by atoms with Crippen LogP contribution in [-0.4, -0.2) is 64.8 Å². The van der Waals surface area contributed by atoms with E-state index in [0.717, 1.165) is 18.7 Å². The van der Waals surface area contributed by atoms with E-state index in [1.807, 2.05) is 13.8 Å². The van der Waals surface area contributed by atoms with Gasteiger partial charge in [-0.1, -0.05) is 26.0 Å². The number of ketones is 1. The maximum atomic E-state index is 13.1. The minimum Gasteiger partial charge on any atom is -0.507 e. The largest absolute Gasteiger partial charge is 0.507 e. The predicted octanol–water partition coefficient (Wildman–Crippen LogP) is 3.68. The molecule has 1 amide bonds. The summed E-state index contributed by atoms with van der Waals surface area (Å²) in [5.74, 6) is -1.27. The number of Topliss-reactive ketones (excluding diaryl/α,β-unsaturated/α-hetero) is 1. The zero-order valence-electron chi connectivity index (χ0n) is 19.8. The highest BCUT2D eigenvalue weighted by molar-refractivity contribution is 6.46. The Morgan fingerprint density at radius 2 is 1.88 bits per heavy atom. The van der Waals surface area contributed by atoms with Crippen molar-refractivity contribution in [3.8, 4) is 5.75 Å². The number of carbonyl (C=O) groups excluding carboxylic acids is 2. The highest BCUT2D eigenvalue weighted by Crippen LogP contribution is 2.40. The third-order valence-corrected chi connectivity index (χ3v) is 6.16. The van der Waals surface area contributed by atoms with E-state index < -0.39 is 22.7 Å². The van der Waals surface area contributed by atoms with Crippen molar-refractivity contribution in [3.05, 3.63) is 74.8 Å². The van der Waals surface area contributed by atoms with Crippen molar-refractivity contribution in [2.24, 2.45) is 0 Å². The second-order valence-corrected chi connectivity index (χ2v) is 8.06. The summed E-state index contributed by atoms with van der Waals surface area (Å²) in [6, 6.07) is 9.82. The monoisotopic (exact) mass is 467 g/mol. The number of benzene rings is 2. The Morgan fingerprint density at radius 3 is 2.47 bits per heavy atom. The van der Waals surface area contributed by atoms with Gasteiger partial charge in [0.2, 0.25) is 0 Å². The molecule has 0 aromatic heterocycles. The summed E-state index contributed by atoms with van der Waals surface area (Å²) in [4.78, 5) is 40.6. The molecule has 1 atom stereocenters. The minimum atomic E-state index is -0.946. The van der Waals surface area contributed by atoms with Crippen LogP contribution in [0.2, 0.25) is 0 Å². The van der Waals surface area contributed by atoms with Crippen LogP contribution in [0, 0.1) is 17.0 Å². The number of amides is 1. The molecule has 2 aromatic carbocycles. The van der Waals surface area contributed by atoms with Crippen LogP contribution in [0.4, 0.5) is 5.69 Å². The van der Waals surface area contributed by atoms with E-state index >= 15 is 0 Å². The van der Waals surface area contributed by atoms with Crippen molar-refractivity contribution in [1.29, 1.82) is 0 Å². The Labute approximate surface area is 198 Å². The second-order valence-electron chi connectivity index (χ2n) is 8.06. The number of non-ortho nitro benzene ring substituents is 1. The molecule has 1 aliphatic heterocycles. The fraction of sp³-hybridized carbons (Fsp3) is 0.360. The molecule has 0 radical (unpaired) electrons. The second kappa shape index (κ2) is 10.5. The van der Waals surface area contributed by atoms with Crippen LogP contribution in [0.1, 0.15) is 36.6 Å². The van der Waals surface area contributed by atoms with Crippen molar-refractivity contribution in [3.63, 3.8) is 0 Å². The number of likely N-dealkylation sites (tertiary alicyclic amines) is 1. The van der Waals surface area contributed by atoms with E-state index in [-0.39, 0.29) is 23.6 Å². The molecule has 34 heavy (non-hydrogen) atoms. The number of aliphatic hydroxyl groups is 1. The van der Waals surface area contributed by atoms with E-state index in [0.29, 0.717) is 23.4 Å². The molecule has 3 rings (SSSR count). The lowest BCUT2D eigenvalue weighted by atomic mass is 9.94. The van der Waals surface area contributed by atoms with Crippen LogP contribution in [0.25, 0.3) is 5.76 Å². The molecule has 9 heteroatoms. The molecule has 2 aromatic rings. The van der Waals surface area contributed by atoms with Crippen molar-refractivity contribution in [1.82, 2.24) is 9.80 Å². The van der Waals surface area contributed by atoms with Gasteiger partial charge in [-0.2, -0.15) is 0 Å². The van der Waals surface area contributed by atoms with E-state index in [1.54, 1.807) is 31.2 Å². The minimum absolute atomic E-state index is 0.0883. The van der Waals surface area contributed by atoms with Crippen molar-refractivity contribution < 1.29 is 24.4 Å². The number of nitrogens with zero attached hydrogens (tertiary/aromatic N) is 3. The first-order valence-corrected chi connectivity index (χ1v) is 11.1. The molecule has 1 fully saturated rings. The lowest BCUT2D eigenvalue weighted by Gasteiger charge is -2.28. The summed E-state index contributed by atoms with van der Waals surface area (Å²) in [7, 11) is 1.53. The van der Waals surface area contributed by atoms with Crippen LogP contribution in [0.5, 0.6) is 5.75 Å². The van der Waals surface area contributed by atoms with Gasteiger partial charge in [-0.3, -0.25) is 19.7 Å². The van der Waals surface area contributed by atoms with Gasteiger partial charge >= 0.3 is 0 Å². The molecule has 0 spiro atoms. The smallest absolute Gasteiger partial charge is 0.295 e. The summed E-state index contributed by atoms with van der Waals surface area (Å²) in [5, 5.41) is 22.6. The number of aryl methyl sites for hydroxylation is 1. The third-order valence-electron chi connectivity index (χ3n) is 6.16. The van der Waals surface area contributed by atoms with Gasteiger partial charge in [0.25, 0.3) is 17.4 Å². The Balaban J connectivity index is 2.16.